The lowest BCUT2D eigenvalue weighted by molar-refractivity contribution is -0.138. The number of amides is 1. The summed E-state index contributed by atoms with van der Waals surface area (Å²) in [7, 11) is 1.64. The van der Waals surface area contributed by atoms with Gasteiger partial charge in [-0.25, -0.2) is 0 Å². The van der Waals surface area contributed by atoms with Crippen LogP contribution in [0.25, 0.3) is 0 Å². The molecule has 26 heavy (non-hydrogen) atoms. The monoisotopic (exact) mass is 372 g/mol. The molecular formula is C20H24N2O3S. The number of hydrogen-bond donors (Lipinski definition) is 0. The maximum absolute atomic E-state index is 12.9. The van der Waals surface area contributed by atoms with Gasteiger partial charge in [-0.1, -0.05) is 12.1 Å². The summed E-state index contributed by atoms with van der Waals surface area (Å²) in [5.41, 5.74) is 2.42. The number of methoxy groups -OCH3 is 1. The van der Waals surface area contributed by atoms with Crippen LogP contribution in [-0.4, -0.2) is 55.6 Å². The molecule has 0 radical (unpaired) electrons. The highest BCUT2D eigenvalue weighted by atomic mass is 32.1. The highest BCUT2D eigenvalue weighted by Crippen LogP contribution is 2.36. The van der Waals surface area contributed by atoms with Crippen molar-refractivity contribution in [3.63, 3.8) is 0 Å². The second kappa shape index (κ2) is 7.68. The highest BCUT2D eigenvalue weighted by Gasteiger charge is 2.32. The molecule has 4 rings (SSSR count). The number of rotatable bonds is 4. The lowest BCUT2D eigenvalue weighted by Crippen LogP contribution is -2.51. The van der Waals surface area contributed by atoms with Gasteiger partial charge in [0.05, 0.1) is 13.0 Å². The van der Waals surface area contributed by atoms with E-state index >= 15 is 0 Å². The van der Waals surface area contributed by atoms with Gasteiger partial charge >= 0.3 is 0 Å². The number of carbonyl (C=O) groups is 1. The maximum atomic E-state index is 12.9. The lowest BCUT2D eigenvalue weighted by atomic mass is 9.95. The van der Waals surface area contributed by atoms with Crippen LogP contribution in [0.3, 0.4) is 0 Å². The molecule has 1 aromatic carbocycles. The topological polar surface area (TPSA) is 42.0 Å². The third-order valence-corrected chi connectivity index (χ3v) is 5.93. The Kier molecular flexibility index (Phi) is 5.13. The standard InChI is InChI=1S/C20H24N2O3S/c1-24-18-4-2-3-16-11-17(13-25-19(16)18)20(23)22-8-6-21(7-9-22)12-15-5-10-26-14-15/h2-5,10,14,17H,6-9,11-13H2,1H3. The van der Waals surface area contributed by atoms with E-state index in [-0.39, 0.29) is 11.8 Å². The summed E-state index contributed by atoms with van der Waals surface area (Å²) in [4.78, 5) is 17.4. The fourth-order valence-electron chi connectivity index (χ4n) is 3.74. The first kappa shape index (κ1) is 17.4. The molecule has 1 unspecified atom stereocenters. The number of fused-ring (bicyclic) bond motifs is 1. The molecular weight excluding hydrogens is 348 g/mol. The molecule has 2 aromatic rings. The quantitative estimate of drug-likeness (QED) is 0.828. The fourth-order valence-corrected chi connectivity index (χ4v) is 4.40. The maximum Gasteiger partial charge on any atom is 0.229 e. The zero-order valence-corrected chi connectivity index (χ0v) is 15.8. The average Bonchev–Trinajstić information content (AvgIpc) is 3.20. The second-order valence-corrected chi connectivity index (χ2v) is 7.67. The fraction of sp³-hybridized carbons (Fsp3) is 0.450. The van der Waals surface area contributed by atoms with E-state index in [0.717, 1.165) is 56.2 Å². The number of carbonyl (C=O) groups excluding carboxylic acids is 1. The van der Waals surface area contributed by atoms with Crippen molar-refractivity contribution in [3.05, 3.63) is 46.2 Å². The molecule has 0 aliphatic carbocycles. The Morgan fingerprint density at radius 3 is 2.85 bits per heavy atom. The van der Waals surface area contributed by atoms with Gasteiger partial charge in [0, 0.05) is 32.7 Å². The van der Waals surface area contributed by atoms with Crippen LogP contribution >= 0.6 is 11.3 Å². The predicted octanol–water partition coefficient (Wildman–Crippen LogP) is 2.65. The van der Waals surface area contributed by atoms with Gasteiger partial charge in [-0.15, -0.1) is 0 Å². The number of benzene rings is 1. The van der Waals surface area contributed by atoms with Crippen molar-refractivity contribution in [2.24, 2.45) is 5.92 Å². The zero-order valence-electron chi connectivity index (χ0n) is 15.0. The molecule has 2 aliphatic heterocycles. The minimum Gasteiger partial charge on any atom is -0.493 e. The van der Waals surface area contributed by atoms with Crippen LogP contribution in [-0.2, 0) is 17.8 Å². The Hall–Kier alpha value is -2.05. The summed E-state index contributed by atoms with van der Waals surface area (Å²) in [5.74, 6) is 1.65. The first-order valence-corrected chi connectivity index (χ1v) is 10.00. The van der Waals surface area contributed by atoms with Crippen molar-refractivity contribution < 1.29 is 14.3 Å². The Labute approximate surface area is 158 Å². The van der Waals surface area contributed by atoms with Gasteiger partial charge in [-0.05, 0) is 40.4 Å². The predicted molar refractivity (Wildman–Crippen MR) is 102 cm³/mol. The molecule has 1 saturated heterocycles. The Morgan fingerprint density at radius 2 is 2.12 bits per heavy atom. The lowest BCUT2D eigenvalue weighted by Gasteiger charge is -2.37. The van der Waals surface area contributed by atoms with E-state index in [9.17, 15) is 4.79 Å². The van der Waals surface area contributed by atoms with Crippen LogP contribution in [0.4, 0.5) is 0 Å². The van der Waals surface area contributed by atoms with Crippen LogP contribution in [0.5, 0.6) is 11.5 Å². The van der Waals surface area contributed by atoms with Crippen LogP contribution in [0.2, 0.25) is 0 Å². The van der Waals surface area contributed by atoms with E-state index in [4.69, 9.17) is 9.47 Å². The highest BCUT2D eigenvalue weighted by molar-refractivity contribution is 7.07. The van der Waals surface area contributed by atoms with Gasteiger partial charge < -0.3 is 14.4 Å². The third-order valence-electron chi connectivity index (χ3n) is 5.20. The van der Waals surface area contributed by atoms with Crippen LogP contribution in [0, 0.1) is 5.92 Å². The third kappa shape index (κ3) is 3.57. The van der Waals surface area contributed by atoms with E-state index in [1.165, 1.54) is 5.56 Å². The molecule has 0 spiro atoms. The molecule has 5 nitrogen and oxygen atoms in total. The molecule has 0 N–H and O–H groups in total. The van der Waals surface area contributed by atoms with E-state index in [2.05, 4.69) is 21.7 Å². The second-order valence-electron chi connectivity index (χ2n) is 6.89. The molecule has 3 heterocycles. The number of ether oxygens (including phenoxy) is 2. The van der Waals surface area contributed by atoms with Crippen molar-refractivity contribution in [1.29, 1.82) is 0 Å². The van der Waals surface area contributed by atoms with E-state index < -0.39 is 0 Å². The molecule has 0 bridgehead atoms. The number of hydrogen-bond acceptors (Lipinski definition) is 5. The molecule has 0 saturated carbocycles. The summed E-state index contributed by atoms with van der Waals surface area (Å²) >= 11 is 1.74. The SMILES string of the molecule is COc1cccc2c1OCC(C(=O)N1CCN(Cc3ccsc3)CC1)C2. The van der Waals surface area contributed by atoms with Gasteiger partial charge in [0.1, 0.15) is 6.61 Å². The van der Waals surface area contributed by atoms with Crippen molar-refractivity contribution in [2.75, 3.05) is 39.9 Å². The number of thiophene rings is 1. The van der Waals surface area contributed by atoms with Crippen molar-refractivity contribution in [3.8, 4) is 11.5 Å². The van der Waals surface area contributed by atoms with Gasteiger partial charge in [0.2, 0.25) is 5.91 Å². The molecule has 138 valence electrons. The van der Waals surface area contributed by atoms with Gasteiger partial charge in [0.25, 0.3) is 0 Å². The van der Waals surface area contributed by atoms with Gasteiger partial charge in [0.15, 0.2) is 11.5 Å². The Bertz CT molecular complexity index is 754. The molecule has 6 heteroatoms. The molecule has 2 aliphatic rings. The van der Waals surface area contributed by atoms with Crippen molar-refractivity contribution in [1.82, 2.24) is 9.80 Å². The van der Waals surface area contributed by atoms with Crippen LogP contribution in [0.1, 0.15) is 11.1 Å². The largest absolute Gasteiger partial charge is 0.493 e. The van der Waals surface area contributed by atoms with Gasteiger partial charge in [-0.3, -0.25) is 9.69 Å². The zero-order chi connectivity index (χ0) is 17.9. The molecule has 1 aromatic heterocycles. The molecule has 1 amide bonds. The van der Waals surface area contributed by atoms with E-state index in [1.807, 2.05) is 23.1 Å². The van der Waals surface area contributed by atoms with Crippen LogP contribution < -0.4 is 9.47 Å². The van der Waals surface area contributed by atoms with Crippen molar-refractivity contribution in [2.45, 2.75) is 13.0 Å². The normalized spacial score (nSPS) is 20.3. The first-order valence-electron chi connectivity index (χ1n) is 9.05. The number of para-hydroxylation sites is 1. The summed E-state index contributed by atoms with van der Waals surface area (Å²) in [5, 5.41) is 4.31. The average molecular weight is 372 g/mol. The summed E-state index contributed by atoms with van der Waals surface area (Å²) < 4.78 is 11.2. The van der Waals surface area contributed by atoms with Gasteiger partial charge in [-0.2, -0.15) is 11.3 Å². The molecule has 1 fully saturated rings. The first-order chi connectivity index (χ1) is 12.7. The number of nitrogens with zero attached hydrogens (tertiary/aromatic N) is 2. The summed E-state index contributed by atoms with van der Waals surface area (Å²) in [6, 6.07) is 8.05. The van der Waals surface area contributed by atoms with E-state index in [0.29, 0.717) is 6.61 Å². The minimum atomic E-state index is -0.0990. The van der Waals surface area contributed by atoms with E-state index in [1.54, 1.807) is 18.4 Å². The smallest absolute Gasteiger partial charge is 0.229 e. The molecule has 1 atom stereocenters. The minimum absolute atomic E-state index is 0.0990. The number of piperazine rings is 1. The van der Waals surface area contributed by atoms with Crippen molar-refractivity contribution >= 4 is 17.2 Å². The Morgan fingerprint density at radius 1 is 1.27 bits per heavy atom. The Balaban J connectivity index is 1.34. The summed E-state index contributed by atoms with van der Waals surface area (Å²) in [6.07, 6.45) is 0.723. The summed E-state index contributed by atoms with van der Waals surface area (Å²) in [6.45, 7) is 4.86. The van der Waals surface area contributed by atoms with Crippen LogP contribution in [0.15, 0.2) is 35.0 Å².